The third-order valence-corrected chi connectivity index (χ3v) is 4.55. The second-order valence-electron chi connectivity index (χ2n) is 7.31. The number of furan rings is 1. The van der Waals surface area contributed by atoms with E-state index in [1.165, 1.54) is 0 Å². The Balaban J connectivity index is 1.65. The summed E-state index contributed by atoms with van der Waals surface area (Å²) in [6.07, 6.45) is 1.62. The molecule has 0 radical (unpaired) electrons. The number of anilines is 1. The number of nitrogens with one attached hydrogen (secondary N) is 2. The topological polar surface area (TPSA) is 98.4 Å². The van der Waals surface area contributed by atoms with E-state index in [1.54, 1.807) is 47.3 Å². The lowest BCUT2D eigenvalue weighted by Crippen LogP contribution is -2.28. The minimum atomic E-state index is -0.480. The number of amides is 2. The van der Waals surface area contributed by atoms with Gasteiger partial charge in [0.25, 0.3) is 11.8 Å². The second kappa shape index (κ2) is 10.2. The van der Waals surface area contributed by atoms with Crippen LogP contribution in [0.4, 0.5) is 5.69 Å². The molecule has 0 unspecified atom stereocenters. The monoisotopic (exact) mass is 444 g/mol. The van der Waals surface area contributed by atoms with Crippen molar-refractivity contribution >= 4 is 29.1 Å². The van der Waals surface area contributed by atoms with E-state index < -0.39 is 5.91 Å². The maximum absolute atomic E-state index is 12.6. The zero-order valence-corrected chi connectivity index (χ0v) is 18.4. The normalized spacial score (nSPS) is 10.9. The molecular weight excluding hydrogens is 420 g/mol. The molecule has 0 saturated carbocycles. The van der Waals surface area contributed by atoms with E-state index in [0.29, 0.717) is 41.2 Å². The molecule has 2 amide bonds. The largest absolute Gasteiger partial charge is 0.486 e. The first-order valence-electron chi connectivity index (χ1n) is 9.99. The molecule has 3 aromatic rings. The summed E-state index contributed by atoms with van der Waals surface area (Å²) in [5.74, 6) is 0.702. The highest BCUT2D eigenvalue weighted by Crippen LogP contribution is 2.19. The van der Waals surface area contributed by atoms with Gasteiger partial charge < -0.3 is 19.8 Å². The van der Waals surface area contributed by atoms with Crippen molar-refractivity contribution < 1.29 is 18.7 Å². The first kappa shape index (κ1) is 22.4. The molecule has 0 saturated heterocycles. The number of carbonyl (C=O) groups is 2. The first-order valence-corrected chi connectivity index (χ1v) is 10.4. The number of benzene rings is 1. The Labute approximate surface area is 185 Å². The molecule has 31 heavy (non-hydrogen) atoms. The summed E-state index contributed by atoms with van der Waals surface area (Å²) in [5, 5.41) is 10.4. The third kappa shape index (κ3) is 6.11. The van der Waals surface area contributed by atoms with Crippen molar-refractivity contribution in [2.24, 2.45) is 5.92 Å². The highest BCUT2D eigenvalue weighted by atomic mass is 35.5. The number of hydrogen-bond donors (Lipinski definition) is 2. The average Bonchev–Trinajstić information content (AvgIpc) is 3.38. The van der Waals surface area contributed by atoms with Gasteiger partial charge >= 0.3 is 0 Å². The van der Waals surface area contributed by atoms with Crippen molar-refractivity contribution in [2.45, 2.75) is 33.9 Å². The maximum Gasteiger partial charge on any atom is 0.291 e. The predicted octanol–water partition coefficient (Wildman–Crippen LogP) is 4.37. The molecule has 3 rings (SSSR count). The van der Waals surface area contributed by atoms with Crippen LogP contribution in [0.5, 0.6) is 5.75 Å². The van der Waals surface area contributed by atoms with Crippen LogP contribution in [0, 0.1) is 5.92 Å². The highest BCUT2D eigenvalue weighted by molar-refractivity contribution is 6.30. The van der Waals surface area contributed by atoms with Crippen LogP contribution in [-0.4, -0.2) is 28.1 Å². The fraction of sp³-hybridized carbons (Fsp3) is 0.318. The van der Waals surface area contributed by atoms with Crippen LogP contribution >= 0.6 is 11.6 Å². The molecule has 1 aromatic carbocycles. The average molecular weight is 445 g/mol. The van der Waals surface area contributed by atoms with Gasteiger partial charge in [0.1, 0.15) is 18.1 Å². The van der Waals surface area contributed by atoms with E-state index in [2.05, 4.69) is 15.7 Å². The lowest BCUT2D eigenvalue weighted by molar-refractivity contribution is 0.0944. The Bertz CT molecular complexity index is 1040. The number of nitrogens with zero attached hydrogens (tertiary/aromatic N) is 2. The minimum Gasteiger partial charge on any atom is -0.486 e. The van der Waals surface area contributed by atoms with Crippen LogP contribution < -0.4 is 15.4 Å². The molecule has 0 fully saturated rings. The SMILES string of the molecule is CCn1cc(NC(=O)c2ccc(COc3ccc(Cl)cc3)o2)c(C(=O)NCC(C)C)n1. The van der Waals surface area contributed by atoms with Gasteiger partial charge in [-0.25, -0.2) is 0 Å². The number of carbonyl (C=O) groups excluding carboxylic acids is 2. The van der Waals surface area contributed by atoms with Crippen molar-refractivity contribution in [1.82, 2.24) is 15.1 Å². The van der Waals surface area contributed by atoms with E-state index in [4.69, 9.17) is 20.8 Å². The summed E-state index contributed by atoms with van der Waals surface area (Å²) in [7, 11) is 0. The summed E-state index contributed by atoms with van der Waals surface area (Å²) < 4.78 is 12.8. The van der Waals surface area contributed by atoms with Crippen molar-refractivity contribution in [1.29, 1.82) is 0 Å². The molecule has 2 heterocycles. The van der Waals surface area contributed by atoms with Crippen molar-refractivity contribution in [3.63, 3.8) is 0 Å². The van der Waals surface area contributed by atoms with Gasteiger partial charge in [-0.05, 0) is 49.2 Å². The van der Waals surface area contributed by atoms with Gasteiger partial charge in [0.15, 0.2) is 11.5 Å². The van der Waals surface area contributed by atoms with Crippen molar-refractivity contribution in [3.8, 4) is 5.75 Å². The van der Waals surface area contributed by atoms with Crippen LogP contribution in [0.15, 0.2) is 47.0 Å². The summed E-state index contributed by atoms with van der Waals surface area (Å²) in [6.45, 7) is 7.13. The van der Waals surface area contributed by atoms with Gasteiger partial charge in [-0.15, -0.1) is 0 Å². The lowest BCUT2D eigenvalue weighted by atomic mass is 10.2. The summed E-state index contributed by atoms with van der Waals surface area (Å²) in [4.78, 5) is 25.1. The molecule has 0 aliphatic carbocycles. The van der Waals surface area contributed by atoms with Gasteiger partial charge in [-0.2, -0.15) is 5.10 Å². The molecule has 0 atom stereocenters. The molecule has 9 heteroatoms. The quantitative estimate of drug-likeness (QED) is 0.510. The number of halogens is 1. The fourth-order valence-electron chi connectivity index (χ4n) is 2.67. The van der Waals surface area contributed by atoms with E-state index in [9.17, 15) is 9.59 Å². The van der Waals surface area contributed by atoms with Gasteiger partial charge in [0.2, 0.25) is 0 Å². The molecule has 164 valence electrons. The zero-order valence-electron chi connectivity index (χ0n) is 17.6. The minimum absolute atomic E-state index is 0.104. The Morgan fingerprint density at radius 2 is 1.90 bits per heavy atom. The molecule has 0 aliphatic rings. The Kier molecular flexibility index (Phi) is 7.36. The molecule has 8 nitrogen and oxygen atoms in total. The Morgan fingerprint density at radius 3 is 2.58 bits per heavy atom. The second-order valence-corrected chi connectivity index (χ2v) is 7.75. The van der Waals surface area contributed by atoms with E-state index in [0.717, 1.165) is 0 Å². The van der Waals surface area contributed by atoms with Gasteiger partial charge in [0, 0.05) is 24.3 Å². The molecule has 0 aliphatic heterocycles. The third-order valence-electron chi connectivity index (χ3n) is 4.30. The van der Waals surface area contributed by atoms with E-state index in [1.807, 2.05) is 20.8 Å². The number of rotatable bonds is 9. The maximum atomic E-state index is 12.6. The number of hydrogen-bond acceptors (Lipinski definition) is 5. The smallest absolute Gasteiger partial charge is 0.291 e. The van der Waals surface area contributed by atoms with Crippen LogP contribution in [0.25, 0.3) is 0 Å². The van der Waals surface area contributed by atoms with Crippen molar-refractivity contribution in [2.75, 3.05) is 11.9 Å². The van der Waals surface area contributed by atoms with Crippen LogP contribution in [-0.2, 0) is 13.2 Å². The van der Waals surface area contributed by atoms with Crippen molar-refractivity contribution in [3.05, 3.63) is 64.8 Å². The molecule has 0 bridgehead atoms. The van der Waals surface area contributed by atoms with Crippen LogP contribution in [0.1, 0.15) is 47.6 Å². The molecule has 2 aromatic heterocycles. The molecular formula is C22H25ClN4O4. The summed E-state index contributed by atoms with van der Waals surface area (Å²) >= 11 is 5.86. The van der Waals surface area contributed by atoms with Crippen LogP contribution in [0.2, 0.25) is 5.02 Å². The predicted molar refractivity (Wildman–Crippen MR) is 118 cm³/mol. The lowest BCUT2D eigenvalue weighted by Gasteiger charge is -2.07. The van der Waals surface area contributed by atoms with Gasteiger partial charge in [-0.3, -0.25) is 14.3 Å². The van der Waals surface area contributed by atoms with Gasteiger partial charge in [0.05, 0.1) is 5.69 Å². The van der Waals surface area contributed by atoms with E-state index in [-0.39, 0.29) is 24.0 Å². The fourth-order valence-corrected chi connectivity index (χ4v) is 2.80. The standard InChI is InChI=1S/C22H25ClN4O4/c1-4-27-12-18(20(26-27)22(29)24-11-14(2)3)25-21(28)19-10-9-17(31-19)13-30-16-7-5-15(23)6-8-16/h5-10,12,14H,4,11,13H2,1-3H3,(H,24,29)(H,25,28). The number of aryl methyl sites for hydroxylation is 1. The first-order chi connectivity index (χ1) is 14.9. The summed E-state index contributed by atoms with van der Waals surface area (Å²) in [5.41, 5.74) is 0.483. The number of ether oxygens (including phenoxy) is 1. The van der Waals surface area contributed by atoms with E-state index >= 15 is 0 Å². The van der Waals surface area contributed by atoms with Gasteiger partial charge in [-0.1, -0.05) is 25.4 Å². The molecule has 2 N–H and O–H groups in total. The highest BCUT2D eigenvalue weighted by Gasteiger charge is 2.20. The van der Waals surface area contributed by atoms with Crippen LogP contribution in [0.3, 0.4) is 0 Å². The Morgan fingerprint density at radius 1 is 1.16 bits per heavy atom. The summed E-state index contributed by atoms with van der Waals surface area (Å²) in [6, 6.07) is 10.2. The number of aromatic nitrogens is 2. The zero-order chi connectivity index (χ0) is 22.4. The Hall–Kier alpha value is -3.26. The molecule has 0 spiro atoms.